The van der Waals surface area contributed by atoms with Crippen molar-refractivity contribution < 1.29 is 4.92 Å². The highest BCUT2D eigenvalue weighted by Gasteiger charge is 2.25. The first kappa shape index (κ1) is 13.4. The summed E-state index contributed by atoms with van der Waals surface area (Å²) in [7, 11) is 1.71. The van der Waals surface area contributed by atoms with Crippen molar-refractivity contribution in [2.75, 3.05) is 23.8 Å². The quantitative estimate of drug-likeness (QED) is 0.694. The maximum Gasteiger partial charge on any atom is 0.315 e. The minimum absolute atomic E-state index is 0.152. The predicted octanol–water partition coefficient (Wildman–Crippen LogP) is 3.20. The molecule has 1 aliphatic heterocycles. The van der Waals surface area contributed by atoms with Crippen molar-refractivity contribution in [2.45, 2.75) is 13.0 Å². The Labute approximate surface area is 123 Å². The first-order valence-corrected chi connectivity index (χ1v) is 6.97. The number of nitrogens with zero attached hydrogens (tertiary/aromatic N) is 2. The van der Waals surface area contributed by atoms with Gasteiger partial charge in [-0.25, -0.2) is 0 Å². The normalized spacial score (nSPS) is 13.7. The van der Waals surface area contributed by atoms with Crippen LogP contribution in [0.15, 0.2) is 42.5 Å². The Morgan fingerprint density at radius 1 is 1.14 bits per heavy atom. The first-order chi connectivity index (χ1) is 10.2. The summed E-state index contributed by atoms with van der Waals surface area (Å²) in [4.78, 5) is 13.2. The van der Waals surface area contributed by atoms with E-state index in [-0.39, 0.29) is 10.6 Å². The summed E-state index contributed by atoms with van der Waals surface area (Å²) in [5.74, 6) is 0. The minimum atomic E-state index is -0.304. The number of para-hydroxylation sites is 1. The van der Waals surface area contributed by atoms with E-state index >= 15 is 0 Å². The van der Waals surface area contributed by atoms with Gasteiger partial charge in [0.2, 0.25) is 0 Å². The molecule has 1 heterocycles. The second-order valence-electron chi connectivity index (χ2n) is 5.12. The highest BCUT2D eigenvalue weighted by Crippen LogP contribution is 2.37. The van der Waals surface area contributed by atoms with E-state index in [0.717, 1.165) is 13.0 Å². The molecule has 1 aliphatic rings. The number of nitro groups is 1. The standard InChI is InChI=1S/C16H17N3O2/c1-17-14-7-4-8-15(16(14)19(20)21)18-10-9-12-5-2-3-6-13(12)11-18/h2-8,17H,9-11H2,1H3. The summed E-state index contributed by atoms with van der Waals surface area (Å²) in [6.45, 7) is 1.51. The van der Waals surface area contributed by atoms with Crippen LogP contribution >= 0.6 is 0 Å². The Hall–Kier alpha value is -2.56. The fourth-order valence-electron chi connectivity index (χ4n) is 2.88. The van der Waals surface area contributed by atoms with E-state index in [1.54, 1.807) is 13.1 Å². The third-order valence-electron chi connectivity index (χ3n) is 3.94. The van der Waals surface area contributed by atoms with Crippen molar-refractivity contribution in [1.29, 1.82) is 0 Å². The van der Waals surface area contributed by atoms with E-state index < -0.39 is 0 Å². The van der Waals surface area contributed by atoms with Crippen LogP contribution in [0, 0.1) is 10.1 Å². The molecule has 1 N–H and O–H groups in total. The van der Waals surface area contributed by atoms with Crippen LogP contribution in [0.3, 0.4) is 0 Å². The molecule has 2 aromatic rings. The van der Waals surface area contributed by atoms with Gasteiger partial charge in [0.25, 0.3) is 0 Å². The predicted molar refractivity (Wildman–Crippen MR) is 83.8 cm³/mol. The number of fused-ring (bicyclic) bond motifs is 1. The molecular weight excluding hydrogens is 266 g/mol. The molecule has 3 rings (SSSR count). The number of rotatable bonds is 3. The lowest BCUT2D eigenvalue weighted by Crippen LogP contribution is -2.30. The monoisotopic (exact) mass is 283 g/mol. The van der Waals surface area contributed by atoms with Gasteiger partial charge in [0, 0.05) is 20.1 Å². The lowest BCUT2D eigenvalue weighted by atomic mass is 9.99. The van der Waals surface area contributed by atoms with Gasteiger partial charge in [-0.3, -0.25) is 10.1 Å². The SMILES string of the molecule is CNc1cccc(N2CCc3ccccc3C2)c1[N+](=O)[O-]. The van der Waals surface area contributed by atoms with Gasteiger partial charge in [-0.15, -0.1) is 0 Å². The number of anilines is 2. The Morgan fingerprint density at radius 3 is 2.62 bits per heavy atom. The van der Waals surface area contributed by atoms with E-state index in [1.165, 1.54) is 11.1 Å². The van der Waals surface area contributed by atoms with Crippen molar-refractivity contribution in [2.24, 2.45) is 0 Å². The summed E-state index contributed by atoms with van der Waals surface area (Å²) in [6.07, 6.45) is 0.914. The van der Waals surface area contributed by atoms with E-state index in [4.69, 9.17) is 0 Å². The summed E-state index contributed by atoms with van der Waals surface area (Å²) < 4.78 is 0. The van der Waals surface area contributed by atoms with Crippen molar-refractivity contribution >= 4 is 17.1 Å². The van der Waals surface area contributed by atoms with Gasteiger partial charge in [-0.2, -0.15) is 0 Å². The first-order valence-electron chi connectivity index (χ1n) is 6.97. The molecule has 0 atom stereocenters. The Bertz CT molecular complexity index is 685. The lowest BCUT2D eigenvalue weighted by Gasteiger charge is -2.30. The van der Waals surface area contributed by atoms with E-state index in [0.29, 0.717) is 17.9 Å². The van der Waals surface area contributed by atoms with Crippen LogP contribution in [0.25, 0.3) is 0 Å². The van der Waals surface area contributed by atoms with Crippen molar-refractivity contribution in [3.63, 3.8) is 0 Å². The topological polar surface area (TPSA) is 58.4 Å². The third-order valence-corrected chi connectivity index (χ3v) is 3.94. The van der Waals surface area contributed by atoms with Crippen LogP contribution in [-0.4, -0.2) is 18.5 Å². The number of benzene rings is 2. The molecule has 5 nitrogen and oxygen atoms in total. The molecule has 0 unspecified atom stereocenters. The largest absolute Gasteiger partial charge is 0.382 e. The van der Waals surface area contributed by atoms with E-state index in [2.05, 4.69) is 22.3 Å². The molecule has 2 aromatic carbocycles. The smallest absolute Gasteiger partial charge is 0.315 e. The van der Waals surface area contributed by atoms with Gasteiger partial charge < -0.3 is 10.2 Å². The van der Waals surface area contributed by atoms with Gasteiger partial charge in [0.1, 0.15) is 11.4 Å². The molecule has 0 saturated carbocycles. The number of nitro benzene ring substituents is 1. The zero-order chi connectivity index (χ0) is 14.8. The molecule has 0 amide bonds. The molecule has 108 valence electrons. The van der Waals surface area contributed by atoms with Gasteiger partial charge in [-0.05, 0) is 29.7 Å². The fourth-order valence-corrected chi connectivity index (χ4v) is 2.88. The van der Waals surface area contributed by atoms with Crippen LogP contribution in [0.1, 0.15) is 11.1 Å². The average molecular weight is 283 g/mol. The maximum atomic E-state index is 11.4. The van der Waals surface area contributed by atoms with Crippen LogP contribution < -0.4 is 10.2 Å². The molecule has 0 fully saturated rings. The molecule has 0 radical (unpaired) electrons. The summed E-state index contributed by atoms with van der Waals surface area (Å²) >= 11 is 0. The zero-order valence-corrected chi connectivity index (χ0v) is 11.9. The zero-order valence-electron chi connectivity index (χ0n) is 11.9. The van der Waals surface area contributed by atoms with Gasteiger partial charge >= 0.3 is 5.69 Å². The third kappa shape index (κ3) is 2.42. The van der Waals surface area contributed by atoms with Crippen molar-refractivity contribution in [3.8, 4) is 0 Å². The minimum Gasteiger partial charge on any atom is -0.382 e. The molecule has 5 heteroatoms. The Kier molecular flexibility index (Phi) is 3.48. The lowest BCUT2D eigenvalue weighted by molar-refractivity contribution is -0.383. The number of hydrogen-bond acceptors (Lipinski definition) is 4. The van der Waals surface area contributed by atoms with Crippen LogP contribution in [-0.2, 0) is 13.0 Å². The molecule has 0 saturated heterocycles. The molecule has 21 heavy (non-hydrogen) atoms. The average Bonchev–Trinajstić information content (AvgIpc) is 2.53. The van der Waals surface area contributed by atoms with Crippen LogP contribution in [0.2, 0.25) is 0 Å². The van der Waals surface area contributed by atoms with Crippen molar-refractivity contribution in [1.82, 2.24) is 0 Å². The van der Waals surface area contributed by atoms with Crippen LogP contribution in [0.5, 0.6) is 0 Å². The summed E-state index contributed by atoms with van der Waals surface area (Å²) in [5.41, 5.74) is 3.96. The molecule has 0 aliphatic carbocycles. The molecule has 0 bridgehead atoms. The van der Waals surface area contributed by atoms with E-state index in [1.807, 2.05) is 24.3 Å². The van der Waals surface area contributed by atoms with E-state index in [9.17, 15) is 10.1 Å². The Balaban J connectivity index is 2.01. The molecule has 0 spiro atoms. The number of nitrogens with one attached hydrogen (secondary N) is 1. The second-order valence-corrected chi connectivity index (χ2v) is 5.12. The van der Waals surface area contributed by atoms with Gasteiger partial charge in [0.05, 0.1) is 4.92 Å². The van der Waals surface area contributed by atoms with Gasteiger partial charge in [0.15, 0.2) is 0 Å². The second kappa shape index (κ2) is 5.44. The molecular formula is C16H17N3O2. The highest BCUT2D eigenvalue weighted by molar-refractivity contribution is 5.77. The summed E-state index contributed by atoms with van der Waals surface area (Å²) in [5, 5.41) is 14.3. The summed E-state index contributed by atoms with van der Waals surface area (Å²) in [6, 6.07) is 13.7. The Morgan fingerprint density at radius 2 is 1.90 bits per heavy atom. The van der Waals surface area contributed by atoms with Crippen molar-refractivity contribution in [3.05, 3.63) is 63.7 Å². The molecule has 0 aromatic heterocycles. The number of hydrogen-bond donors (Lipinski definition) is 1. The highest BCUT2D eigenvalue weighted by atomic mass is 16.6. The maximum absolute atomic E-state index is 11.4. The van der Waals surface area contributed by atoms with Crippen LogP contribution in [0.4, 0.5) is 17.1 Å². The van der Waals surface area contributed by atoms with Gasteiger partial charge in [-0.1, -0.05) is 30.3 Å². The fraction of sp³-hybridized carbons (Fsp3) is 0.250.